The number of halogens is 2. The third-order valence-electron chi connectivity index (χ3n) is 10.7. The Labute approximate surface area is 361 Å². The number of amides is 3. The van der Waals surface area contributed by atoms with E-state index in [1.165, 1.54) is 4.90 Å². The lowest BCUT2D eigenvalue weighted by Gasteiger charge is -2.37. The van der Waals surface area contributed by atoms with E-state index in [0.717, 1.165) is 16.7 Å². The molecule has 2 heterocycles. The molecule has 0 fully saturated rings. The van der Waals surface area contributed by atoms with E-state index < -0.39 is 41.9 Å². The van der Waals surface area contributed by atoms with Crippen molar-refractivity contribution in [3.05, 3.63) is 182 Å². The van der Waals surface area contributed by atoms with Gasteiger partial charge in [-0.15, -0.1) is 0 Å². The molecule has 13 heteroatoms. The van der Waals surface area contributed by atoms with Gasteiger partial charge in [-0.25, -0.2) is 4.79 Å². The third-order valence-corrected chi connectivity index (χ3v) is 11.3. The van der Waals surface area contributed by atoms with E-state index in [0.29, 0.717) is 60.6 Å². The minimum absolute atomic E-state index is 0.00363. The van der Waals surface area contributed by atoms with Gasteiger partial charge < -0.3 is 30.1 Å². The smallest absolute Gasteiger partial charge is 0.326 e. The molecule has 1 unspecified atom stereocenters. The van der Waals surface area contributed by atoms with Crippen molar-refractivity contribution in [2.45, 2.75) is 44.2 Å². The highest BCUT2D eigenvalue weighted by Gasteiger charge is 2.39. The fourth-order valence-electron chi connectivity index (χ4n) is 7.43. The van der Waals surface area contributed by atoms with Gasteiger partial charge in [0.1, 0.15) is 30.2 Å². The van der Waals surface area contributed by atoms with Crippen LogP contribution in [0.3, 0.4) is 0 Å². The van der Waals surface area contributed by atoms with E-state index in [-0.39, 0.29) is 26.0 Å². The largest absolute Gasteiger partial charge is 0.489 e. The number of nitrogens with zero attached hydrogens (tertiary/aromatic N) is 2. The summed E-state index contributed by atoms with van der Waals surface area (Å²) in [6.45, 7) is 0.217. The van der Waals surface area contributed by atoms with Gasteiger partial charge in [-0.1, -0.05) is 89.9 Å². The SMILES string of the molecule is N#Cc1ccc(-c2ccc(C[C@H](NC(=O)C3Cc4cc5c(cc4CN3C(=O)c3ccccc3)O[C@@H](c3ccc(OCc4cc(Cl)ccc4Cl)cc3)C(=O)N5)C(=O)O)cc2)cc1. The number of nitrogens with one attached hydrogen (secondary N) is 2. The number of carboxylic acid groups (broad SMARTS) is 1. The van der Waals surface area contributed by atoms with Crippen LogP contribution in [-0.4, -0.2) is 45.8 Å². The van der Waals surface area contributed by atoms with Gasteiger partial charge in [-0.2, -0.15) is 5.26 Å². The number of hydrogen-bond acceptors (Lipinski definition) is 7. The van der Waals surface area contributed by atoms with Crippen molar-refractivity contribution >= 4 is 52.6 Å². The maximum atomic E-state index is 14.2. The lowest BCUT2D eigenvalue weighted by atomic mass is 9.91. The lowest BCUT2D eigenvalue weighted by molar-refractivity contribution is -0.142. The zero-order valence-corrected chi connectivity index (χ0v) is 33.8. The Bertz CT molecular complexity index is 2690. The Hall–Kier alpha value is -7.13. The van der Waals surface area contributed by atoms with Gasteiger partial charge in [0.05, 0.1) is 17.3 Å². The van der Waals surface area contributed by atoms with Crippen molar-refractivity contribution in [2.24, 2.45) is 0 Å². The van der Waals surface area contributed by atoms with Crippen LogP contribution in [0.25, 0.3) is 11.1 Å². The monoisotopic (exact) mass is 850 g/mol. The number of rotatable bonds is 11. The fraction of sp³-hybridized carbons (Fsp3) is 0.146. The van der Waals surface area contributed by atoms with Crippen molar-refractivity contribution in [3.63, 3.8) is 0 Å². The summed E-state index contributed by atoms with van der Waals surface area (Å²) in [7, 11) is 0. The van der Waals surface area contributed by atoms with Crippen molar-refractivity contribution in [3.8, 4) is 28.7 Å². The van der Waals surface area contributed by atoms with Crippen LogP contribution in [0, 0.1) is 11.3 Å². The first kappa shape index (κ1) is 40.6. The second kappa shape index (κ2) is 17.6. The summed E-state index contributed by atoms with van der Waals surface area (Å²) in [5.74, 6) is -1.71. The Morgan fingerprint density at radius 3 is 2.28 bits per heavy atom. The van der Waals surface area contributed by atoms with Gasteiger partial charge in [-0.3, -0.25) is 14.4 Å². The van der Waals surface area contributed by atoms with Gasteiger partial charge in [-0.05, 0) is 94.5 Å². The van der Waals surface area contributed by atoms with Gasteiger partial charge in [0.2, 0.25) is 12.0 Å². The summed E-state index contributed by atoms with van der Waals surface area (Å²) >= 11 is 12.4. The van der Waals surface area contributed by atoms with Crippen LogP contribution < -0.4 is 20.1 Å². The summed E-state index contributed by atoms with van der Waals surface area (Å²) in [6.07, 6.45) is -0.929. The number of benzene rings is 6. The predicted molar refractivity (Wildman–Crippen MR) is 229 cm³/mol. The molecule has 304 valence electrons. The molecule has 0 aromatic heterocycles. The molecule has 6 aromatic rings. The standard InChI is InChI=1S/C48H36Cl2N4O7/c49-37-16-19-39(50)36(21-37)27-60-38-17-14-32(15-18-38)44-46(56)52-40-22-34-23-42(54(26-35(34)24-43(40)61-44)47(57)33-4-2-1-3-5-33)45(55)53-41(48(58)59)20-28-6-10-30(11-7-28)31-12-8-29(25-51)9-13-31/h1-19,21-22,24,41-42,44H,20,23,26-27H2,(H,52,56)(H,53,55)(H,58,59)/t41-,42?,44-/m0/s1. The zero-order valence-electron chi connectivity index (χ0n) is 32.3. The molecule has 0 bridgehead atoms. The summed E-state index contributed by atoms with van der Waals surface area (Å²) in [4.78, 5) is 55.7. The number of carbonyl (C=O) groups excluding carboxylic acids is 3. The van der Waals surface area contributed by atoms with Gasteiger partial charge in [0.25, 0.3) is 11.8 Å². The summed E-state index contributed by atoms with van der Waals surface area (Å²) in [6, 6.07) is 38.3. The van der Waals surface area contributed by atoms with E-state index >= 15 is 0 Å². The Kier molecular flexibility index (Phi) is 11.7. The third kappa shape index (κ3) is 9.06. The number of aliphatic carboxylic acids is 1. The second-order valence-corrected chi connectivity index (χ2v) is 15.5. The molecule has 3 atom stereocenters. The van der Waals surface area contributed by atoms with Crippen molar-refractivity contribution < 1.29 is 33.8 Å². The molecule has 3 N–H and O–H groups in total. The molecule has 0 saturated carbocycles. The Morgan fingerprint density at radius 1 is 0.885 bits per heavy atom. The molecule has 0 aliphatic carbocycles. The van der Waals surface area contributed by atoms with Crippen molar-refractivity contribution in [1.82, 2.24) is 10.2 Å². The van der Waals surface area contributed by atoms with E-state index in [1.54, 1.807) is 109 Å². The van der Waals surface area contributed by atoms with E-state index in [9.17, 15) is 24.3 Å². The molecule has 61 heavy (non-hydrogen) atoms. The molecule has 0 saturated heterocycles. The summed E-state index contributed by atoms with van der Waals surface area (Å²) in [5.41, 5.74) is 6.51. The fourth-order valence-corrected chi connectivity index (χ4v) is 7.80. The highest BCUT2D eigenvalue weighted by molar-refractivity contribution is 6.33. The van der Waals surface area contributed by atoms with Crippen LogP contribution >= 0.6 is 23.2 Å². The lowest BCUT2D eigenvalue weighted by Crippen LogP contribution is -2.56. The molecular formula is C48H36Cl2N4O7. The number of fused-ring (bicyclic) bond motifs is 2. The minimum atomic E-state index is -1.29. The maximum absolute atomic E-state index is 14.2. The zero-order chi connectivity index (χ0) is 42.6. The molecule has 0 spiro atoms. The first-order chi connectivity index (χ1) is 29.5. The first-order valence-corrected chi connectivity index (χ1v) is 20.1. The number of carbonyl (C=O) groups is 4. The molecule has 2 aliphatic rings. The van der Waals surface area contributed by atoms with E-state index in [2.05, 4.69) is 16.7 Å². The molecule has 8 rings (SSSR count). The minimum Gasteiger partial charge on any atom is -0.489 e. The Morgan fingerprint density at radius 2 is 1.59 bits per heavy atom. The normalized spacial score (nSPS) is 15.8. The van der Waals surface area contributed by atoms with Crippen LogP contribution in [0.5, 0.6) is 11.5 Å². The average molecular weight is 852 g/mol. The van der Waals surface area contributed by atoms with E-state index in [1.807, 2.05) is 24.3 Å². The van der Waals surface area contributed by atoms with Crippen LogP contribution in [0.4, 0.5) is 5.69 Å². The highest BCUT2D eigenvalue weighted by atomic mass is 35.5. The predicted octanol–water partition coefficient (Wildman–Crippen LogP) is 8.56. The van der Waals surface area contributed by atoms with Gasteiger partial charge >= 0.3 is 5.97 Å². The topological polar surface area (TPSA) is 158 Å². The van der Waals surface area contributed by atoms with Crippen LogP contribution in [0.15, 0.2) is 133 Å². The van der Waals surface area contributed by atoms with Crippen LogP contribution in [0.2, 0.25) is 10.0 Å². The van der Waals surface area contributed by atoms with Gasteiger partial charge in [0.15, 0.2) is 0 Å². The van der Waals surface area contributed by atoms with Crippen molar-refractivity contribution in [2.75, 3.05) is 5.32 Å². The van der Waals surface area contributed by atoms with Crippen molar-refractivity contribution in [1.29, 1.82) is 5.26 Å². The molecular weight excluding hydrogens is 815 g/mol. The average Bonchev–Trinajstić information content (AvgIpc) is 3.28. The highest BCUT2D eigenvalue weighted by Crippen LogP contribution is 2.40. The second-order valence-electron chi connectivity index (χ2n) is 14.7. The van der Waals surface area contributed by atoms with Crippen LogP contribution in [-0.2, 0) is 40.4 Å². The summed E-state index contributed by atoms with van der Waals surface area (Å²) in [5, 5.41) is 26.1. The number of carboxylic acids is 1. The molecule has 11 nitrogen and oxygen atoms in total. The van der Waals surface area contributed by atoms with Gasteiger partial charge in [0, 0.05) is 46.1 Å². The maximum Gasteiger partial charge on any atom is 0.326 e. The number of hydrogen-bond donors (Lipinski definition) is 3. The first-order valence-electron chi connectivity index (χ1n) is 19.3. The number of nitriles is 1. The molecule has 6 aromatic carbocycles. The molecule has 3 amide bonds. The quantitative estimate of drug-likeness (QED) is 0.117. The molecule has 0 radical (unpaired) electrons. The number of anilines is 1. The Balaban J connectivity index is 0.994. The van der Waals surface area contributed by atoms with Crippen LogP contribution in [0.1, 0.15) is 49.8 Å². The molecule has 2 aliphatic heterocycles. The van der Waals surface area contributed by atoms with E-state index in [4.69, 9.17) is 37.9 Å². The number of ether oxygens (including phenoxy) is 2. The summed E-state index contributed by atoms with van der Waals surface area (Å²) < 4.78 is 12.2.